The molecule has 1 amide bonds. The quantitative estimate of drug-likeness (QED) is 0.800. The summed E-state index contributed by atoms with van der Waals surface area (Å²) in [5.74, 6) is 0.214. The van der Waals surface area contributed by atoms with Gasteiger partial charge in [0.15, 0.2) is 0 Å². The minimum Gasteiger partial charge on any atom is -0.450 e. The molecule has 1 heterocycles. The highest BCUT2D eigenvalue weighted by atomic mass is 35.5. The Morgan fingerprint density at radius 3 is 2.62 bits per heavy atom. The van der Waals surface area contributed by atoms with Gasteiger partial charge in [-0.3, -0.25) is 5.32 Å². The van der Waals surface area contributed by atoms with Crippen LogP contribution in [0.15, 0.2) is 36.5 Å². The number of amides is 1. The average Bonchev–Trinajstić information content (AvgIpc) is 2.50. The van der Waals surface area contributed by atoms with Crippen molar-refractivity contribution in [3.8, 4) is 0 Å². The molecule has 0 saturated heterocycles. The summed E-state index contributed by atoms with van der Waals surface area (Å²) >= 11 is 5.63. The lowest BCUT2D eigenvalue weighted by atomic mass is 10.1. The maximum absolute atomic E-state index is 13.0. The Morgan fingerprint density at radius 2 is 2.04 bits per heavy atom. The van der Waals surface area contributed by atoms with E-state index >= 15 is 0 Å². The number of rotatable bonds is 4. The van der Waals surface area contributed by atoms with Crippen molar-refractivity contribution in [3.05, 3.63) is 47.1 Å². The molecule has 24 heavy (non-hydrogen) atoms. The van der Waals surface area contributed by atoms with Crippen molar-refractivity contribution in [1.29, 1.82) is 0 Å². The van der Waals surface area contributed by atoms with Gasteiger partial charge in [0.25, 0.3) is 0 Å². The van der Waals surface area contributed by atoms with Crippen molar-refractivity contribution >= 4 is 34.9 Å². The summed E-state index contributed by atoms with van der Waals surface area (Å²) < 4.78 is 43.8. The number of carbonyl (C=O) groups is 1. The van der Waals surface area contributed by atoms with Gasteiger partial charge in [0, 0.05) is 5.02 Å². The Hall–Kier alpha value is -2.48. The van der Waals surface area contributed by atoms with E-state index in [9.17, 15) is 18.0 Å². The Labute approximate surface area is 140 Å². The van der Waals surface area contributed by atoms with E-state index in [2.05, 4.69) is 15.6 Å². The van der Waals surface area contributed by atoms with Crippen molar-refractivity contribution in [2.75, 3.05) is 17.2 Å². The van der Waals surface area contributed by atoms with Crippen LogP contribution in [-0.2, 0) is 10.9 Å². The number of nitrogens with one attached hydrogen (secondary N) is 2. The summed E-state index contributed by atoms with van der Waals surface area (Å²) in [6, 6.07) is 6.33. The van der Waals surface area contributed by atoms with E-state index in [-0.39, 0.29) is 23.1 Å². The maximum atomic E-state index is 13.0. The van der Waals surface area contributed by atoms with Gasteiger partial charge in [-0.25, -0.2) is 9.78 Å². The molecule has 2 rings (SSSR count). The summed E-state index contributed by atoms with van der Waals surface area (Å²) in [4.78, 5) is 15.2. The summed E-state index contributed by atoms with van der Waals surface area (Å²) in [6.07, 6.45) is -3.93. The highest BCUT2D eigenvalue weighted by Gasteiger charge is 2.33. The van der Waals surface area contributed by atoms with Gasteiger partial charge >= 0.3 is 12.3 Å². The molecule has 0 unspecified atom stereocenters. The third-order valence-corrected chi connectivity index (χ3v) is 3.07. The van der Waals surface area contributed by atoms with Gasteiger partial charge in [0.1, 0.15) is 5.82 Å². The molecule has 128 valence electrons. The van der Waals surface area contributed by atoms with Crippen molar-refractivity contribution < 1.29 is 22.7 Å². The second-order valence-corrected chi connectivity index (χ2v) is 5.03. The number of ether oxygens (including phenoxy) is 1. The number of hydrogen-bond donors (Lipinski definition) is 2. The predicted octanol–water partition coefficient (Wildman–Crippen LogP) is 5.07. The third kappa shape index (κ3) is 4.76. The molecule has 0 radical (unpaired) electrons. The van der Waals surface area contributed by atoms with Crippen molar-refractivity contribution in [2.45, 2.75) is 13.1 Å². The number of pyridine rings is 1. The monoisotopic (exact) mass is 359 g/mol. The lowest BCUT2D eigenvalue weighted by Gasteiger charge is -2.15. The van der Waals surface area contributed by atoms with Gasteiger partial charge in [-0.15, -0.1) is 0 Å². The van der Waals surface area contributed by atoms with Crippen LogP contribution in [0.5, 0.6) is 0 Å². The lowest BCUT2D eigenvalue weighted by molar-refractivity contribution is -0.136. The van der Waals surface area contributed by atoms with Crippen LogP contribution in [0.1, 0.15) is 12.5 Å². The Kier molecular flexibility index (Phi) is 5.50. The molecule has 0 saturated carbocycles. The standard InChI is InChI=1S/C15H13ClF3N3O2/c1-2-24-14(23)22-13-6-4-10(8-20-13)21-12-5-3-9(16)7-11(12)15(17,18)19/h3-8,21H,2H2,1H3,(H,20,22,23). The highest BCUT2D eigenvalue weighted by molar-refractivity contribution is 6.30. The molecule has 0 aliphatic heterocycles. The van der Waals surface area contributed by atoms with Crippen molar-refractivity contribution in [2.24, 2.45) is 0 Å². The van der Waals surface area contributed by atoms with Crippen LogP contribution < -0.4 is 10.6 Å². The molecule has 2 aromatic rings. The van der Waals surface area contributed by atoms with Crippen molar-refractivity contribution in [3.63, 3.8) is 0 Å². The Balaban J connectivity index is 2.16. The first-order chi connectivity index (χ1) is 11.3. The molecule has 1 aromatic carbocycles. The van der Waals surface area contributed by atoms with Crippen molar-refractivity contribution in [1.82, 2.24) is 4.98 Å². The summed E-state index contributed by atoms with van der Waals surface area (Å²) in [5, 5.41) is 4.99. The van der Waals surface area contributed by atoms with E-state index in [4.69, 9.17) is 16.3 Å². The van der Waals surface area contributed by atoms with Gasteiger partial charge in [0.2, 0.25) is 0 Å². The normalized spacial score (nSPS) is 11.0. The molecule has 0 aliphatic rings. The molecule has 0 aliphatic carbocycles. The molecule has 0 spiro atoms. The minimum absolute atomic E-state index is 0.0139. The second kappa shape index (κ2) is 7.39. The largest absolute Gasteiger partial charge is 0.450 e. The number of alkyl halides is 3. The third-order valence-electron chi connectivity index (χ3n) is 2.84. The fourth-order valence-electron chi connectivity index (χ4n) is 1.83. The molecule has 1 aromatic heterocycles. The van der Waals surface area contributed by atoms with Crippen LogP contribution >= 0.6 is 11.6 Å². The molecule has 0 fully saturated rings. The molecular formula is C15H13ClF3N3O2. The second-order valence-electron chi connectivity index (χ2n) is 4.59. The van der Waals surface area contributed by atoms with Gasteiger partial charge in [-0.05, 0) is 37.3 Å². The van der Waals surface area contributed by atoms with Gasteiger partial charge in [-0.1, -0.05) is 11.6 Å². The van der Waals surface area contributed by atoms with E-state index in [1.54, 1.807) is 6.92 Å². The average molecular weight is 360 g/mol. The Morgan fingerprint density at radius 1 is 1.29 bits per heavy atom. The molecule has 5 nitrogen and oxygen atoms in total. The van der Waals surface area contributed by atoms with E-state index in [0.717, 1.165) is 6.07 Å². The van der Waals surface area contributed by atoms with E-state index in [1.807, 2.05) is 0 Å². The number of benzene rings is 1. The SMILES string of the molecule is CCOC(=O)Nc1ccc(Nc2ccc(Cl)cc2C(F)(F)F)cn1. The van der Waals surface area contributed by atoms with Crippen LogP contribution in [-0.4, -0.2) is 17.7 Å². The van der Waals surface area contributed by atoms with E-state index < -0.39 is 17.8 Å². The number of nitrogens with zero attached hydrogens (tertiary/aromatic N) is 1. The van der Waals surface area contributed by atoms with Crippen LogP contribution in [0.2, 0.25) is 5.02 Å². The number of anilines is 3. The molecule has 0 bridgehead atoms. The van der Waals surface area contributed by atoms with Gasteiger partial charge < -0.3 is 10.1 Å². The zero-order chi connectivity index (χ0) is 17.7. The van der Waals surface area contributed by atoms with Crippen LogP contribution in [0.3, 0.4) is 0 Å². The highest BCUT2D eigenvalue weighted by Crippen LogP contribution is 2.37. The number of hydrogen-bond acceptors (Lipinski definition) is 4. The summed E-state index contributed by atoms with van der Waals surface area (Å²) in [6.45, 7) is 1.87. The lowest BCUT2D eigenvalue weighted by Crippen LogP contribution is -2.14. The topological polar surface area (TPSA) is 63.2 Å². The zero-order valence-corrected chi connectivity index (χ0v) is 13.2. The molecular weight excluding hydrogens is 347 g/mol. The van der Waals surface area contributed by atoms with Crippen LogP contribution in [0.4, 0.5) is 35.2 Å². The van der Waals surface area contributed by atoms with Gasteiger partial charge in [-0.2, -0.15) is 13.2 Å². The first-order valence-electron chi connectivity index (χ1n) is 6.83. The Bertz CT molecular complexity index is 721. The van der Waals surface area contributed by atoms with Gasteiger partial charge in [0.05, 0.1) is 29.7 Å². The predicted molar refractivity (Wildman–Crippen MR) is 84.6 cm³/mol. The molecule has 2 N–H and O–H groups in total. The summed E-state index contributed by atoms with van der Waals surface area (Å²) in [5.41, 5.74) is -0.722. The zero-order valence-electron chi connectivity index (χ0n) is 12.4. The number of aromatic nitrogens is 1. The smallest absolute Gasteiger partial charge is 0.418 e. The fourth-order valence-corrected chi connectivity index (χ4v) is 2.00. The van der Waals surface area contributed by atoms with Crippen LogP contribution in [0.25, 0.3) is 0 Å². The number of carbonyl (C=O) groups excluding carboxylic acids is 1. The summed E-state index contributed by atoms with van der Waals surface area (Å²) in [7, 11) is 0. The van der Waals surface area contributed by atoms with E-state index in [0.29, 0.717) is 5.69 Å². The van der Waals surface area contributed by atoms with E-state index in [1.165, 1.54) is 30.5 Å². The fraction of sp³-hybridized carbons (Fsp3) is 0.200. The first kappa shape index (κ1) is 17.9. The van der Waals surface area contributed by atoms with Crippen LogP contribution in [0, 0.1) is 0 Å². The molecule has 9 heteroatoms. The number of halogens is 4. The molecule has 0 atom stereocenters. The maximum Gasteiger partial charge on any atom is 0.418 e. The minimum atomic E-state index is -4.55. The first-order valence-corrected chi connectivity index (χ1v) is 7.21.